The molecule has 12 nitrogen and oxygen atoms in total. The molecule has 0 aromatic carbocycles. The van der Waals surface area contributed by atoms with Gasteiger partial charge in [0, 0.05) is 24.8 Å². The molecule has 3 rings (SSSR count). The first-order chi connectivity index (χ1) is 14.9. The first-order valence-corrected chi connectivity index (χ1v) is 9.82. The standard InChI is InChI=1S/C19H23N3O9/c1-2-3-4-5-13(23)28-10-11-16-17(31-15(25)7-6-14(24)30-16)18(29-11)22-9-8-12(21-27)20-19(22)26/h6-9,11,16-18,27H,2-5,10H2,1H3,(H,20,21,26)/b7-6-/t11-,16?,17-,18-/m1/s1. The summed E-state index contributed by atoms with van der Waals surface area (Å²) >= 11 is 0. The highest BCUT2D eigenvalue weighted by Gasteiger charge is 2.51. The Morgan fingerprint density at radius 3 is 2.55 bits per heavy atom. The number of esters is 3. The van der Waals surface area contributed by atoms with Crippen LogP contribution < -0.4 is 11.2 Å². The molecule has 3 heterocycles. The molecule has 1 unspecified atom stereocenters. The topological polar surface area (TPSA) is 155 Å². The van der Waals surface area contributed by atoms with Gasteiger partial charge in [0.05, 0.1) is 0 Å². The van der Waals surface area contributed by atoms with Gasteiger partial charge >= 0.3 is 23.6 Å². The zero-order valence-electron chi connectivity index (χ0n) is 16.8. The summed E-state index contributed by atoms with van der Waals surface area (Å²) in [6, 6.07) is 1.29. The molecule has 1 fully saturated rings. The predicted molar refractivity (Wildman–Crippen MR) is 102 cm³/mol. The van der Waals surface area contributed by atoms with E-state index in [9.17, 15) is 19.2 Å². The second-order valence-corrected chi connectivity index (χ2v) is 6.96. The molecule has 2 aliphatic rings. The van der Waals surface area contributed by atoms with Gasteiger partial charge in [0.15, 0.2) is 24.3 Å². The minimum absolute atomic E-state index is 0.0996. The lowest BCUT2D eigenvalue weighted by molar-refractivity contribution is -0.165. The number of carbonyl (C=O) groups is 3. The van der Waals surface area contributed by atoms with Gasteiger partial charge in [0.2, 0.25) is 0 Å². The number of anilines is 1. The molecule has 168 valence electrons. The highest BCUT2D eigenvalue weighted by atomic mass is 16.7. The summed E-state index contributed by atoms with van der Waals surface area (Å²) in [6.45, 7) is 1.74. The number of nitrogens with zero attached hydrogens (tertiary/aromatic N) is 2. The number of rotatable bonds is 8. The largest absolute Gasteiger partial charge is 0.463 e. The van der Waals surface area contributed by atoms with Crippen LogP contribution in [-0.2, 0) is 33.3 Å². The Balaban J connectivity index is 1.82. The Kier molecular flexibility index (Phi) is 7.36. The summed E-state index contributed by atoms with van der Waals surface area (Å²) in [4.78, 5) is 51.9. The lowest BCUT2D eigenvalue weighted by Gasteiger charge is -2.25. The first-order valence-electron chi connectivity index (χ1n) is 9.82. The fourth-order valence-corrected chi connectivity index (χ4v) is 3.25. The number of nitrogens with one attached hydrogen (secondary N) is 1. The fraction of sp³-hybridized carbons (Fsp3) is 0.526. The lowest BCUT2D eigenvalue weighted by atomic mass is 10.1. The Bertz CT molecular complexity index is 913. The number of hydrogen-bond acceptors (Lipinski definition) is 11. The molecular formula is C19H23N3O9. The summed E-state index contributed by atoms with van der Waals surface area (Å²) in [5.41, 5.74) is 0.929. The van der Waals surface area contributed by atoms with E-state index in [1.54, 1.807) is 5.48 Å². The number of carbonyl (C=O) groups excluding carboxylic acids is 3. The third-order valence-corrected chi connectivity index (χ3v) is 4.76. The van der Waals surface area contributed by atoms with Gasteiger partial charge in [-0.2, -0.15) is 4.98 Å². The number of unbranched alkanes of at least 4 members (excludes halogenated alkanes) is 2. The van der Waals surface area contributed by atoms with Crippen LogP contribution in [0.3, 0.4) is 0 Å². The van der Waals surface area contributed by atoms with Crippen LogP contribution in [0.1, 0.15) is 38.8 Å². The molecule has 0 aliphatic carbocycles. The lowest BCUT2D eigenvalue weighted by Crippen LogP contribution is -2.43. The molecule has 31 heavy (non-hydrogen) atoms. The Morgan fingerprint density at radius 2 is 1.90 bits per heavy atom. The van der Waals surface area contributed by atoms with Crippen molar-refractivity contribution >= 4 is 23.7 Å². The number of hydrogen-bond donors (Lipinski definition) is 2. The van der Waals surface area contributed by atoms with E-state index in [2.05, 4.69) is 4.98 Å². The highest BCUT2D eigenvalue weighted by Crippen LogP contribution is 2.34. The van der Waals surface area contributed by atoms with E-state index in [1.807, 2.05) is 6.92 Å². The van der Waals surface area contributed by atoms with Crippen LogP contribution in [0, 0.1) is 0 Å². The van der Waals surface area contributed by atoms with E-state index >= 15 is 0 Å². The summed E-state index contributed by atoms with van der Waals surface area (Å²) in [5.74, 6) is -2.17. The second-order valence-electron chi connectivity index (χ2n) is 6.96. The zero-order chi connectivity index (χ0) is 22.4. The third-order valence-electron chi connectivity index (χ3n) is 4.76. The average molecular weight is 437 g/mol. The van der Waals surface area contributed by atoms with E-state index in [1.165, 1.54) is 12.3 Å². The Morgan fingerprint density at radius 1 is 1.19 bits per heavy atom. The van der Waals surface area contributed by atoms with Gasteiger partial charge in [-0.05, 0) is 12.5 Å². The van der Waals surface area contributed by atoms with Gasteiger partial charge in [-0.3, -0.25) is 20.0 Å². The minimum atomic E-state index is -1.20. The summed E-state index contributed by atoms with van der Waals surface area (Å²) in [7, 11) is 0. The van der Waals surface area contributed by atoms with E-state index in [0.717, 1.165) is 29.6 Å². The SMILES string of the molecule is CCCCCC(=O)OC[C@H]1O[C@@H](n2ccc(NO)nc2=O)[C@@H]2OC(=O)/C=C\C(=O)OC21. The van der Waals surface area contributed by atoms with E-state index < -0.39 is 48.1 Å². The molecule has 0 bridgehead atoms. The minimum Gasteiger partial charge on any atom is -0.463 e. The van der Waals surface area contributed by atoms with Crippen molar-refractivity contribution in [1.29, 1.82) is 0 Å². The number of ether oxygens (including phenoxy) is 4. The highest BCUT2D eigenvalue weighted by molar-refractivity contribution is 5.92. The smallest absolute Gasteiger partial charge is 0.351 e. The zero-order valence-corrected chi connectivity index (χ0v) is 16.8. The average Bonchev–Trinajstić information content (AvgIpc) is 3.06. The normalized spacial score (nSPS) is 26.1. The molecule has 1 aromatic heterocycles. The van der Waals surface area contributed by atoms with Crippen molar-refractivity contribution in [2.75, 3.05) is 12.1 Å². The molecule has 2 aliphatic heterocycles. The number of fused-ring (bicyclic) bond motifs is 1. The van der Waals surface area contributed by atoms with Crippen LogP contribution in [-0.4, -0.2) is 57.6 Å². The molecule has 0 saturated carbocycles. The van der Waals surface area contributed by atoms with Gasteiger partial charge in [0.25, 0.3) is 0 Å². The molecular weight excluding hydrogens is 414 g/mol. The van der Waals surface area contributed by atoms with Gasteiger partial charge < -0.3 is 18.9 Å². The maximum atomic E-state index is 12.4. The summed E-state index contributed by atoms with van der Waals surface area (Å²) in [6.07, 6.45) is 1.30. The molecule has 12 heteroatoms. The van der Waals surface area contributed by atoms with Gasteiger partial charge in [-0.25, -0.2) is 14.4 Å². The maximum Gasteiger partial charge on any atom is 0.351 e. The predicted octanol–water partition coefficient (Wildman–Crippen LogP) is 0.459. The maximum absolute atomic E-state index is 12.4. The summed E-state index contributed by atoms with van der Waals surface area (Å²) < 4.78 is 22.8. The first kappa shape index (κ1) is 22.4. The molecule has 0 radical (unpaired) electrons. The molecule has 0 amide bonds. The Hall–Kier alpha value is -3.25. The molecule has 2 N–H and O–H groups in total. The quantitative estimate of drug-likeness (QED) is 0.252. The van der Waals surface area contributed by atoms with Crippen LogP contribution >= 0.6 is 0 Å². The van der Waals surface area contributed by atoms with E-state index in [-0.39, 0.29) is 18.8 Å². The van der Waals surface area contributed by atoms with Crippen molar-refractivity contribution in [3.8, 4) is 0 Å². The van der Waals surface area contributed by atoms with Crippen molar-refractivity contribution < 1.29 is 38.5 Å². The van der Waals surface area contributed by atoms with Crippen molar-refractivity contribution in [3.63, 3.8) is 0 Å². The van der Waals surface area contributed by atoms with Crippen molar-refractivity contribution in [3.05, 3.63) is 34.9 Å². The molecule has 0 spiro atoms. The molecule has 1 aromatic rings. The van der Waals surface area contributed by atoms with Crippen LogP contribution in [0.5, 0.6) is 0 Å². The monoisotopic (exact) mass is 437 g/mol. The van der Waals surface area contributed by atoms with Crippen molar-refractivity contribution in [2.24, 2.45) is 0 Å². The third kappa shape index (κ3) is 5.47. The van der Waals surface area contributed by atoms with Gasteiger partial charge in [-0.15, -0.1) is 0 Å². The van der Waals surface area contributed by atoms with Crippen molar-refractivity contribution in [2.45, 2.75) is 57.1 Å². The second kappa shape index (κ2) is 10.2. The van der Waals surface area contributed by atoms with Gasteiger partial charge in [0.1, 0.15) is 12.7 Å². The molecule has 1 saturated heterocycles. The van der Waals surface area contributed by atoms with Crippen LogP contribution in [0.4, 0.5) is 5.82 Å². The summed E-state index contributed by atoms with van der Waals surface area (Å²) in [5, 5.41) is 8.90. The van der Waals surface area contributed by atoms with E-state index in [4.69, 9.17) is 24.2 Å². The van der Waals surface area contributed by atoms with E-state index in [0.29, 0.717) is 6.42 Å². The van der Waals surface area contributed by atoms with Crippen LogP contribution in [0.15, 0.2) is 29.2 Å². The number of aromatic nitrogens is 2. The van der Waals surface area contributed by atoms with Gasteiger partial charge in [-0.1, -0.05) is 19.8 Å². The Labute approximate surface area is 176 Å². The fourth-order valence-electron chi connectivity index (χ4n) is 3.25. The van der Waals surface area contributed by atoms with Crippen LogP contribution in [0.2, 0.25) is 0 Å². The molecule has 4 atom stereocenters. The van der Waals surface area contributed by atoms with Crippen LogP contribution in [0.25, 0.3) is 0 Å². The van der Waals surface area contributed by atoms with Crippen molar-refractivity contribution in [1.82, 2.24) is 9.55 Å².